The molecular weight excluding hydrogens is 190 g/mol. The van der Waals surface area contributed by atoms with Crippen LogP contribution in [-0.2, 0) is 0 Å². The van der Waals surface area contributed by atoms with Crippen molar-refractivity contribution < 1.29 is 0 Å². The first-order chi connectivity index (χ1) is 4.20. The van der Waals surface area contributed by atoms with Crippen LogP contribution in [-0.4, -0.2) is 0 Å². The second kappa shape index (κ2) is 4.07. The molecule has 0 spiro atoms. The van der Waals surface area contributed by atoms with Crippen molar-refractivity contribution in [1.29, 1.82) is 0 Å². The van der Waals surface area contributed by atoms with Crippen LogP contribution in [0.3, 0.4) is 0 Å². The summed E-state index contributed by atoms with van der Waals surface area (Å²) < 4.78 is 0. The zero-order chi connectivity index (χ0) is 6.85. The van der Waals surface area contributed by atoms with Gasteiger partial charge in [0.15, 0.2) is 0 Å². The molecule has 10 heavy (non-hydrogen) atoms. The fourth-order valence-corrected chi connectivity index (χ4v) is 0.997. The van der Waals surface area contributed by atoms with Crippen LogP contribution in [0.2, 0.25) is 15.1 Å². The highest BCUT2D eigenvalue weighted by atomic mass is 35.5. The molecule has 0 aliphatic rings. The van der Waals surface area contributed by atoms with Gasteiger partial charge in [-0.2, -0.15) is 0 Å². The molecule has 0 saturated carbocycles. The molecule has 0 aromatic heterocycles. The highest BCUT2D eigenvalue weighted by Crippen LogP contribution is 2.24. The molecule has 0 amide bonds. The predicted molar refractivity (Wildman–Crippen MR) is 48.2 cm³/mol. The quantitative estimate of drug-likeness (QED) is 0.545. The summed E-state index contributed by atoms with van der Waals surface area (Å²) in [5, 5.41) is 1.62. The van der Waals surface area contributed by atoms with Crippen LogP contribution in [0.5, 0.6) is 0 Å². The summed E-state index contributed by atoms with van der Waals surface area (Å²) in [6, 6.07) is 4.95. The molecular formula is C7H7Cl3. The molecule has 0 bridgehead atoms. The molecule has 0 nitrogen and oxygen atoms in total. The van der Waals surface area contributed by atoms with Gasteiger partial charge in [0.1, 0.15) is 0 Å². The summed E-state index contributed by atoms with van der Waals surface area (Å²) in [5.74, 6) is 0. The lowest BCUT2D eigenvalue weighted by molar-refractivity contribution is 1.70. The highest BCUT2D eigenvalue weighted by Gasteiger charge is 1.94. The average Bonchev–Trinajstić information content (AvgIpc) is 1.80. The van der Waals surface area contributed by atoms with Gasteiger partial charge in [0, 0.05) is 5.02 Å². The summed E-state index contributed by atoms with van der Waals surface area (Å²) in [4.78, 5) is 0. The minimum Gasteiger partial charge on any atom is -0.0843 e. The summed E-state index contributed by atoms with van der Waals surface area (Å²) >= 11 is 16.8. The van der Waals surface area contributed by atoms with Crippen molar-refractivity contribution in [2.45, 2.75) is 7.43 Å². The van der Waals surface area contributed by atoms with Gasteiger partial charge in [-0.1, -0.05) is 42.2 Å². The van der Waals surface area contributed by atoms with Crippen LogP contribution in [0.1, 0.15) is 7.43 Å². The molecule has 0 atom stereocenters. The molecule has 0 aliphatic carbocycles. The summed E-state index contributed by atoms with van der Waals surface area (Å²) in [7, 11) is 0. The molecule has 56 valence electrons. The zero-order valence-electron chi connectivity index (χ0n) is 4.37. The maximum atomic E-state index is 5.60. The van der Waals surface area contributed by atoms with Gasteiger partial charge in [-0.3, -0.25) is 0 Å². The summed E-state index contributed by atoms with van der Waals surface area (Å²) in [6.07, 6.45) is 0. The maximum Gasteiger partial charge on any atom is 0.0607 e. The number of rotatable bonds is 0. The lowest BCUT2D eigenvalue weighted by Crippen LogP contribution is -1.66. The molecule has 0 N–H and O–H groups in total. The molecule has 0 aliphatic heterocycles. The van der Waals surface area contributed by atoms with Gasteiger partial charge in [0.25, 0.3) is 0 Å². The van der Waals surface area contributed by atoms with Gasteiger partial charge in [-0.05, 0) is 18.2 Å². The van der Waals surface area contributed by atoms with Gasteiger partial charge in [-0.15, -0.1) is 0 Å². The van der Waals surface area contributed by atoms with Crippen LogP contribution < -0.4 is 0 Å². The topological polar surface area (TPSA) is 0 Å². The van der Waals surface area contributed by atoms with Crippen LogP contribution in [0.4, 0.5) is 0 Å². The Hall–Kier alpha value is 0.0900. The first kappa shape index (κ1) is 10.1. The highest BCUT2D eigenvalue weighted by molar-refractivity contribution is 6.43. The smallest absolute Gasteiger partial charge is 0.0607 e. The van der Waals surface area contributed by atoms with Crippen molar-refractivity contribution in [3.8, 4) is 0 Å². The van der Waals surface area contributed by atoms with E-state index in [2.05, 4.69) is 0 Å². The number of hydrogen-bond acceptors (Lipinski definition) is 0. The second-order valence-electron chi connectivity index (χ2n) is 1.56. The third-order valence-corrected chi connectivity index (χ3v) is 1.86. The number of benzene rings is 1. The van der Waals surface area contributed by atoms with Crippen molar-refractivity contribution in [2.75, 3.05) is 0 Å². The third-order valence-electron chi connectivity index (χ3n) is 0.882. The van der Waals surface area contributed by atoms with E-state index >= 15 is 0 Å². The fourth-order valence-electron chi connectivity index (χ4n) is 0.470. The fraction of sp³-hybridized carbons (Fsp3) is 0.143. The van der Waals surface area contributed by atoms with Crippen molar-refractivity contribution >= 4 is 34.8 Å². The Balaban J connectivity index is 0.000000810. The Morgan fingerprint density at radius 2 is 1.50 bits per heavy atom. The molecule has 0 radical (unpaired) electrons. The van der Waals surface area contributed by atoms with E-state index in [0.717, 1.165) is 0 Å². The largest absolute Gasteiger partial charge is 0.0843 e. The standard InChI is InChI=1S/C6H3Cl3.CH4/c7-4-1-2-5(8)6(9)3-4;/h1-3H;1H4. The monoisotopic (exact) mass is 196 g/mol. The molecule has 1 aromatic rings. The third kappa shape index (κ3) is 2.37. The minimum atomic E-state index is 0. The van der Waals surface area contributed by atoms with Crippen LogP contribution in [0.25, 0.3) is 0 Å². The molecule has 1 aromatic carbocycles. The van der Waals surface area contributed by atoms with E-state index in [-0.39, 0.29) is 7.43 Å². The first-order valence-corrected chi connectivity index (χ1v) is 3.44. The van der Waals surface area contributed by atoms with Crippen LogP contribution in [0, 0.1) is 0 Å². The van der Waals surface area contributed by atoms with Gasteiger partial charge < -0.3 is 0 Å². The van der Waals surface area contributed by atoms with Gasteiger partial charge in [0.05, 0.1) is 10.0 Å². The van der Waals surface area contributed by atoms with E-state index in [9.17, 15) is 0 Å². The Morgan fingerprint density at radius 1 is 0.900 bits per heavy atom. The molecule has 0 unspecified atom stereocenters. The van der Waals surface area contributed by atoms with E-state index in [1.54, 1.807) is 18.2 Å². The van der Waals surface area contributed by atoms with Crippen LogP contribution >= 0.6 is 34.8 Å². The lowest BCUT2D eigenvalue weighted by Gasteiger charge is -1.92. The maximum absolute atomic E-state index is 5.60. The molecule has 0 fully saturated rings. The average molecular weight is 197 g/mol. The van der Waals surface area contributed by atoms with Gasteiger partial charge in [-0.25, -0.2) is 0 Å². The van der Waals surface area contributed by atoms with E-state index in [0.29, 0.717) is 15.1 Å². The summed E-state index contributed by atoms with van der Waals surface area (Å²) in [5.41, 5.74) is 0. The zero-order valence-corrected chi connectivity index (χ0v) is 6.63. The van der Waals surface area contributed by atoms with Crippen molar-refractivity contribution in [3.05, 3.63) is 33.3 Å². The molecule has 0 saturated heterocycles. The van der Waals surface area contributed by atoms with E-state index in [1.165, 1.54) is 0 Å². The van der Waals surface area contributed by atoms with E-state index < -0.39 is 0 Å². The Morgan fingerprint density at radius 3 is 1.90 bits per heavy atom. The van der Waals surface area contributed by atoms with Gasteiger partial charge in [0.2, 0.25) is 0 Å². The predicted octanol–water partition coefficient (Wildman–Crippen LogP) is 4.28. The number of hydrogen-bond donors (Lipinski definition) is 0. The Bertz CT molecular complexity index is 220. The Kier molecular flexibility index (Phi) is 4.11. The Labute approximate surface area is 75.7 Å². The molecule has 1 rings (SSSR count). The van der Waals surface area contributed by atoms with Crippen LogP contribution in [0.15, 0.2) is 18.2 Å². The summed E-state index contributed by atoms with van der Waals surface area (Å²) in [6.45, 7) is 0. The van der Waals surface area contributed by atoms with Crippen molar-refractivity contribution in [3.63, 3.8) is 0 Å². The normalized spacial score (nSPS) is 8.70. The molecule has 0 heterocycles. The number of halogens is 3. The minimum absolute atomic E-state index is 0. The second-order valence-corrected chi connectivity index (χ2v) is 2.81. The SMILES string of the molecule is C.Clc1ccc(Cl)c(Cl)c1. The van der Waals surface area contributed by atoms with Crippen molar-refractivity contribution in [2.24, 2.45) is 0 Å². The first-order valence-electron chi connectivity index (χ1n) is 2.30. The molecule has 3 heteroatoms. The lowest BCUT2D eigenvalue weighted by atomic mass is 10.4. The van der Waals surface area contributed by atoms with E-state index in [1.807, 2.05) is 0 Å². The van der Waals surface area contributed by atoms with Gasteiger partial charge >= 0.3 is 0 Å². The van der Waals surface area contributed by atoms with E-state index in [4.69, 9.17) is 34.8 Å². The van der Waals surface area contributed by atoms with Crippen molar-refractivity contribution in [1.82, 2.24) is 0 Å².